The monoisotopic (exact) mass is 354 g/mol. The van der Waals surface area contributed by atoms with Gasteiger partial charge in [-0.1, -0.05) is 36.4 Å². The average molecular weight is 354 g/mol. The van der Waals surface area contributed by atoms with E-state index in [9.17, 15) is 9.59 Å². The highest BCUT2D eigenvalue weighted by atomic mass is 16.7. The fourth-order valence-corrected chi connectivity index (χ4v) is 2.70. The van der Waals surface area contributed by atoms with Crippen molar-refractivity contribution in [3.8, 4) is 11.5 Å². The largest absolute Gasteiger partial charge is 0.454 e. The van der Waals surface area contributed by atoms with Crippen LogP contribution in [0.5, 0.6) is 11.5 Å². The Morgan fingerprint density at radius 2 is 1.77 bits per heavy atom. The maximum absolute atomic E-state index is 12.0. The molecule has 2 amide bonds. The third kappa shape index (κ3) is 4.75. The van der Waals surface area contributed by atoms with Crippen molar-refractivity contribution in [1.82, 2.24) is 10.6 Å². The Kier molecular flexibility index (Phi) is 5.73. The molecule has 0 aliphatic carbocycles. The lowest BCUT2D eigenvalue weighted by atomic mass is 10.1. The second-order valence-electron chi connectivity index (χ2n) is 6.27. The summed E-state index contributed by atoms with van der Waals surface area (Å²) in [4.78, 5) is 24.0. The minimum atomic E-state index is -0.644. The lowest BCUT2D eigenvalue weighted by Crippen LogP contribution is -2.43. The number of rotatable bonds is 6. The van der Waals surface area contributed by atoms with Crippen molar-refractivity contribution < 1.29 is 19.1 Å². The molecule has 2 aromatic carbocycles. The summed E-state index contributed by atoms with van der Waals surface area (Å²) in [5, 5.41) is 5.35. The van der Waals surface area contributed by atoms with Gasteiger partial charge in [0.25, 0.3) is 0 Å². The van der Waals surface area contributed by atoms with Crippen molar-refractivity contribution in [2.24, 2.45) is 0 Å². The normalized spacial score (nSPS) is 13.1. The molecule has 1 aliphatic rings. The third-order valence-electron chi connectivity index (χ3n) is 4.18. The molecular weight excluding hydrogens is 332 g/mol. The number of benzene rings is 2. The molecule has 1 aliphatic heterocycles. The quantitative estimate of drug-likeness (QED) is 0.780. The number of fused-ring (bicyclic) bond motifs is 1. The Morgan fingerprint density at radius 3 is 2.58 bits per heavy atom. The Morgan fingerprint density at radius 1 is 1.00 bits per heavy atom. The zero-order chi connectivity index (χ0) is 18.4. The van der Waals surface area contributed by atoms with E-state index in [0.717, 1.165) is 18.4 Å². The van der Waals surface area contributed by atoms with E-state index in [0.29, 0.717) is 11.5 Å². The van der Waals surface area contributed by atoms with Gasteiger partial charge in [0.05, 0.1) is 0 Å². The number of carbonyl (C=O) groups is 2. The van der Waals surface area contributed by atoms with Crippen LogP contribution in [-0.4, -0.2) is 24.6 Å². The number of hydrogen-bond acceptors (Lipinski definition) is 4. The van der Waals surface area contributed by atoms with Crippen molar-refractivity contribution in [2.45, 2.75) is 32.4 Å². The smallest absolute Gasteiger partial charge is 0.309 e. The molecule has 26 heavy (non-hydrogen) atoms. The summed E-state index contributed by atoms with van der Waals surface area (Å²) in [6.07, 6.45) is 1.62. The van der Waals surface area contributed by atoms with E-state index >= 15 is 0 Å². The Bertz CT molecular complexity index is 777. The highest BCUT2D eigenvalue weighted by Gasteiger charge is 2.17. The maximum Gasteiger partial charge on any atom is 0.309 e. The Labute approximate surface area is 152 Å². The molecule has 1 heterocycles. The van der Waals surface area contributed by atoms with Crippen LogP contribution in [0.25, 0.3) is 0 Å². The van der Waals surface area contributed by atoms with Crippen molar-refractivity contribution >= 4 is 11.8 Å². The van der Waals surface area contributed by atoms with Crippen LogP contribution >= 0.6 is 0 Å². The van der Waals surface area contributed by atoms with Gasteiger partial charge in [0, 0.05) is 12.6 Å². The van der Waals surface area contributed by atoms with Crippen LogP contribution in [0.3, 0.4) is 0 Å². The molecule has 136 valence electrons. The lowest BCUT2D eigenvalue weighted by Gasteiger charge is -2.14. The summed E-state index contributed by atoms with van der Waals surface area (Å²) < 4.78 is 10.5. The zero-order valence-electron chi connectivity index (χ0n) is 14.7. The van der Waals surface area contributed by atoms with E-state index in [2.05, 4.69) is 10.6 Å². The van der Waals surface area contributed by atoms with Gasteiger partial charge in [0.1, 0.15) is 0 Å². The molecule has 0 aromatic heterocycles. The zero-order valence-corrected chi connectivity index (χ0v) is 14.7. The maximum atomic E-state index is 12.0. The molecular formula is C20H22N2O4. The molecule has 0 radical (unpaired) electrons. The number of aryl methyl sites for hydroxylation is 1. The fraction of sp³-hybridized carbons (Fsp3) is 0.300. The molecule has 2 N–H and O–H groups in total. The molecule has 1 unspecified atom stereocenters. The van der Waals surface area contributed by atoms with Crippen LogP contribution in [0, 0.1) is 0 Å². The first-order chi connectivity index (χ1) is 12.6. The van der Waals surface area contributed by atoms with Crippen molar-refractivity contribution in [3.05, 3.63) is 59.7 Å². The fourth-order valence-electron chi connectivity index (χ4n) is 2.70. The van der Waals surface area contributed by atoms with Crippen LogP contribution in [0.15, 0.2) is 48.5 Å². The van der Waals surface area contributed by atoms with Crippen LogP contribution in [0.2, 0.25) is 0 Å². The van der Waals surface area contributed by atoms with Crippen LogP contribution in [0.1, 0.15) is 24.5 Å². The SMILES string of the molecule is CC(CCc1ccccc1)NC(=O)C(=O)NCc1ccc2c(c1)OCO2. The molecule has 6 heteroatoms. The summed E-state index contributed by atoms with van der Waals surface area (Å²) in [5.41, 5.74) is 2.05. The average Bonchev–Trinajstić information content (AvgIpc) is 3.13. The predicted octanol–water partition coefficient (Wildman–Crippen LogP) is 2.17. The van der Waals surface area contributed by atoms with Gasteiger partial charge in [-0.2, -0.15) is 0 Å². The van der Waals surface area contributed by atoms with Crippen molar-refractivity contribution in [3.63, 3.8) is 0 Å². The first kappa shape index (κ1) is 17.8. The highest BCUT2D eigenvalue weighted by Crippen LogP contribution is 2.32. The van der Waals surface area contributed by atoms with Gasteiger partial charge >= 0.3 is 11.8 Å². The second kappa shape index (κ2) is 8.38. The van der Waals surface area contributed by atoms with E-state index in [4.69, 9.17) is 9.47 Å². The van der Waals surface area contributed by atoms with Gasteiger partial charge in [0.2, 0.25) is 6.79 Å². The predicted molar refractivity (Wildman–Crippen MR) is 96.8 cm³/mol. The van der Waals surface area contributed by atoms with E-state index in [1.165, 1.54) is 5.56 Å². The van der Waals surface area contributed by atoms with Gasteiger partial charge in [-0.15, -0.1) is 0 Å². The number of carbonyl (C=O) groups excluding carboxylic acids is 2. The third-order valence-corrected chi connectivity index (χ3v) is 4.18. The van der Waals surface area contributed by atoms with Crippen LogP contribution in [-0.2, 0) is 22.6 Å². The van der Waals surface area contributed by atoms with Crippen LogP contribution in [0.4, 0.5) is 0 Å². The molecule has 1 atom stereocenters. The van der Waals surface area contributed by atoms with E-state index in [1.54, 1.807) is 12.1 Å². The highest BCUT2D eigenvalue weighted by molar-refractivity contribution is 6.35. The summed E-state index contributed by atoms with van der Waals surface area (Å²) in [6.45, 7) is 2.35. The second-order valence-corrected chi connectivity index (χ2v) is 6.27. The summed E-state index contributed by atoms with van der Waals surface area (Å²) in [5.74, 6) is 0.0707. The molecule has 3 rings (SSSR count). The summed E-state index contributed by atoms with van der Waals surface area (Å²) in [7, 11) is 0. The molecule has 0 saturated carbocycles. The topological polar surface area (TPSA) is 76.7 Å². The summed E-state index contributed by atoms with van der Waals surface area (Å²) >= 11 is 0. The van der Waals surface area contributed by atoms with E-state index < -0.39 is 11.8 Å². The number of ether oxygens (including phenoxy) is 2. The van der Waals surface area contributed by atoms with Gasteiger partial charge < -0.3 is 20.1 Å². The first-order valence-electron chi connectivity index (χ1n) is 8.63. The van der Waals surface area contributed by atoms with E-state index in [-0.39, 0.29) is 19.4 Å². The first-order valence-corrected chi connectivity index (χ1v) is 8.63. The molecule has 0 spiro atoms. The molecule has 2 aromatic rings. The minimum Gasteiger partial charge on any atom is -0.454 e. The Balaban J connectivity index is 1.42. The minimum absolute atomic E-state index is 0.0843. The number of amides is 2. The van der Waals surface area contributed by atoms with Crippen molar-refractivity contribution in [2.75, 3.05) is 6.79 Å². The molecule has 6 nitrogen and oxygen atoms in total. The number of nitrogens with one attached hydrogen (secondary N) is 2. The van der Waals surface area contributed by atoms with E-state index in [1.807, 2.05) is 43.3 Å². The van der Waals surface area contributed by atoms with Crippen molar-refractivity contribution in [1.29, 1.82) is 0 Å². The van der Waals surface area contributed by atoms with Gasteiger partial charge in [0.15, 0.2) is 11.5 Å². The van der Waals surface area contributed by atoms with Gasteiger partial charge in [-0.05, 0) is 43.0 Å². The molecule has 0 bridgehead atoms. The lowest BCUT2D eigenvalue weighted by molar-refractivity contribution is -0.139. The number of hydrogen-bond donors (Lipinski definition) is 2. The Hall–Kier alpha value is -3.02. The van der Waals surface area contributed by atoms with Gasteiger partial charge in [-0.25, -0.2) is 0 Å². The standard InChI is InChI=1S/C20H22N2O4/c1-14(7-8-15-5-3-2-4-6-15)22-20(24)19(23)21-12-16-9-10-17-18(11-16)26-13-25-17/h2-6,9-11,14H,7-8,12-13H2,1H3,(H,21,23)(H,22,24). The summed E-state index contributed by atoms with van der Waals surface area (Å²) in [6, 6.07) is 15.4. The molecule has 0 fully saturated rings. The van der Waals surface area contributed by atoms with Crippen LogP contribution < -0.4 is 20.1 Å². The van der Waals surface area contributed by atoms with Gasteiger partial charge in [-0.3, -0.25) is 9.59 Å². The molecule has 0 saturated heterocycles.